The maximum atomic E-state index is 13.5. The zero-order chi connectivity index (χ0) is 16.7. The Morgan fingerprint density at radius 2 is 2.21 bits per heavy atom. The zero-order valence-corrected chi connectivity index (χ0v) is 15.2. The van der Waals surface area contributed by atoms with Crippen molar-refractivity contribution in [2.45, 2.75) is 13.3 Å². The molecule has 0 unspecified atom stereocenters. The molecule has 2 aromatic rings. The Balaban J connectivity index is 0.00000288. The van der Waals surface area contributed by atoms with Crippen LogP contribution in [0.1, 0.15) is 16.0 Å². The number of benzene rings is 1. The lowest BCUT2D eigenvalue weighted by Gasteiger charge is -2.03. The van der Waals surface area contributed by atoms with Gasteiger partial charge in [-0.1, -0.05) is 12.1 Å². The Hall–Kier alpha value is -1.54. The summed E-state index contributed by atoms with van der Waals surface area (Å²) >= 11 is 1.39. The molecule has 0 atom stereocenters. The summed E-state index contributed by atoms with van der Waals surface area (Å²) in [5.74, 6) is -0.356. The fraction of sp³-hybridized carbons (Fsp3) is 0.375. The third-order valence-electron chi connectivity index (χ3n) is 3.18. The number of aryl methyl sites for hydroxylation is 1. The molecule has 1 aromatic heterocycles. The van der Waals surface area contributed by atoms with Crippen LogP contribution in [0.15, 0.2) is 24.4 Å². The van der Waals surface area contributed by atoms with Gasteiger partial charge in [-0.05, 0) is 24.1 Å². The number of hydrogen-bond acceptors (Lipinski definition) is 5. The van der Waals surface area contributed by atoms with Gasteiger partial charge >= 0.3 is 0 Å². The van der Waals surface area contributed by atoms with Gasteiger partial charge in [0.15, 0.2) is 5.13 Å². The predicted molar refractivity (Wildman–Crippen MR) is 96.7 cm³/mol. The second-order valence-corrected chi connectivity index (χ2v) is 6.22. The molecule has 0 aliphatic carbocycles. The molecule has 0 fully saturated rings. The summed E-state index contributed by atoms with van der Waals surface area (Å²) in [6.45, 7) is 3.12. The maximum Gasteiger partial charge on any atom is 0.240 e. The van der Waals surface area contributed by atoms with Crippen molar-refractivity contribution in [2.75, 3.05) is 32.1 Å². The van der Waals surface area contributed by atoms with Gasteiger partial charge in [-0.3, -0.25) is 4.79 Å². The van der Waals surface area contributed by atoms with Gasteiger partial charge in [-0.2, -0.15) is 0 Å². The molecule has 5 nitrogen and oxygen atoms in total. The van der Waals surface area contributed by atoms with Gasteiger partial charge in [0, 0.05) is 31.1 Å². The maximum absolute atomic E-state index is 13.5. The van der Waals surface area contributed by atoms with Crippen molar-refractivity contribution < 1.29 is 13.9 Å². The number of carbonyl (C=O) groups excluding carboxylic acids is 1. The number of carbonyl (C=O) groups is 1. The van der Waals surface area contributed by atoms with Crippen molar-refractivity contribution in [2.24, 2.45) is 0 Å². The van der Waals surface area contributed by atoms with Gasteiger partial charge in [0.25, 0.3) is 0 Å². The molecule has 8 heteroatoms. The van der Waals surface area contributed by atoms with E-state index in [1.54, 1.807) is 26.3 Å². The van der Waals surface area contributed by atoms with Crippen molar-refractivity contribution in [1.82, 2.24) is 10.3 Å². The Bertz CT molecular complexity index is 667. The van der Waals surface area contributed by atoms with E-state index in [0.717, 1.165) is 10.4 Å². The Labute approximate surface area is 151 Å². The summed E-state index contributed by atoms with van der Waals surface area (Å²) in [6.07, 6.45) is 2.30. The standard InChI is InChI=1S/C16H20FN3O2S.ClH/c1-11-3-4-12(8-14(11)17)7-13-9-19-16(23-13)20-15(21)10-18-5-6-22-2;/h3-4,8-9,18H,5-7,10H2,1-2H3,(H,19,20,21);1H. The normalized spacial score (nSPS) is 10.3. The number of anilines is 1. The molecular weight excluding hydrogens is 353 g/mol. The average molecular weight is 374 g/mol. The lowest BCUT2D eigenvalue weighted by Crippen LogP contribution is -2.30. The molecule has 24 heavy (non-hydrogen) atoms. The summed E-state index contributed by atoms with van der Waals surface area (Å²) < 4.78 is 18.4. The summed E-state index contributed by atoms with van der Waals surface area (Å²) in [5, 5.41) is 6.25. The van der Waals surface area contributed by atoms with Crippen LogP contribution in [0.4, 0.5) is 9.52 Å². The van der Waals surface area contributed by atoms with Crippen LogP contribution in [0.2, 0.25) is 0 Å². The third kappa shape index (κ3) is 6.52. The van der Waals surface area contributed by atoms with E-state index in [1.807, 2.05) is 6.07 Å². The SMILES string of the molecule is COCCNCC(=O)Nc1ncc(Cc2ccc(C)c(F)c2)s1.Cl. The summed E-state index contributed by atoms with van der Waals surface area (Å²) in [5.41, 5.74) is 1.52. The van der Waals surface area contributed by atoms with Crippen LogP contribution in [-0.2, 0) is 16.0 Å². The van der Waals surface area contributed by atoms with E-state index in [0.29, 0.717) is 30.3 Å². The second-order valence-electron chi connectivity index (χ2n) is 5.11. The van der Waals surface area contributed by atoms with E-state index in [-0.39, 0.29) is 30.7 Å². The van der Waals surface area contributed by atoms with Crippen molar-refractivity contribution in [3.8, 4) is 0 Å². The van der Waals surface area contributed by atoms with Crippen LogP contribution < -0.4 is 10.6 Å². The Kier molecular flexibility index (Phi) is 8.84. The molecule has 2 N–H and O–H groups in total. The number of halogens is 2. The van der Waals surface area contributed by atoms with Crippen LogP contribution in [0.3, 0.4) is 0 Å². The van der Waals surface area contributed by atoms with E-state index in [4.69, 9.17) is 4.74 Å². The molecule has 0 radical (unpaired) electrons. The minimum Gasteiger partial charge on any atom is -0.383 e. The average Bonchev–Trinajstić information content (AvgIpc) is 2.94. The lowest BCUT2D eigenvalue weighted by molar-refractivity contribution is -0.115. The molecular formula is C16H21ClFN3O2S. The van der Waals surface area contributed by atoms with E-state index in [1.165, 1.54) is 17.4 Å². The number of ether oxygens (including phenoxy) is 1. The summed E-state index contributed by atoms with van der Waals surface area (Å²) in [6, 6.07) is 5.20. The fourth-order valence-corrected chi connectivity index (χ4v) is 2.80. The molecule has 0 bridgehead atoms. The van der Waals surface area contributed by atoms with Gasteiger partial charge < -0.3 is 15.4 Å². The minimum atomic E-state index is -0.206. The fourth-order valence-electron chi connectivity index (χ4n) is 1.93. The zero-order valence-electron chi connectivity index (χ0n) is 13.6. The van der Waals surface area contributed by atoms with Gasteiger partial charge in [0.05, 0.1) is 13.2 Å². The first-order valence-corrected chi connectivity index (χ1v) is 8.09. The van der Waals surface area contributed by atoms with Crippen LogP contribution in [0.25, 0.3) is 0 Å². The number of nitrogens with one attached hydrogen (secondary N) is 2. The number of hydrogen-bond donors (Lipinski definition) is 2. The van der Waals surface area contributed by atoms with Crippen molar-refractivity contribution in [3.05, 3.63) is 46.2 Å². The van der Waals surface area contributed by atoms with Crippen molar-refractivity contribution >= 4 is 34.8 Å². The molecule has 2 rings (SSSR count). The largest absolute Gasteiger partial charge is 0.383 e. The van der Waals surface area contributed by atoms with Crippen molar-refractivity contribution in [3.63, 3.8) is 0 Å². The topological polar surface area (TPSA) is 63.2 Å². The summed E-state index contributed by atoms with van der Waals surface area (Å²) in [4.78, 5) is 16.9. The molecule has 1 amide bonds. The molecule has 0 aliphatic rings. The Morgan fingerprint density at radius 1 is 1.42 bits per heavy atom. The first-order valence-electron chi connectivity index (χ1n) is 7.27. The lowest BCUT2D eigenvalue weighted by atomic mass is 10.1. The smallest absolute Gasteiger partial charge is 0.240 e. The molecule has 0 saturated heterocycles. The van der Waals surface area contributed by atoms with Crippen LogP contribution in [-0.4, -0.2) is 37.7 Å². The van der Waals surface area contributed by atoms with Gasteiger partial charge in [0.1, 0.15) is 5.82 Å². The van der Waals surface area contributed by atoms with Gasteiger partial charge in [-0.25, -0.2) is 9.37 Å². The highest BCUT2D eigenvalue weighted by molar-refractivity contribution is 7.15. The highest BCUT2D eigenvalue weighted by Crippen LogP contribution is 2.22. The molecule has 132 valence electrons. The number of rotatable bonds is 8. The molecule has 1 aromatic carbocycles. The number of nitrogens with zero attached hydrogens (tertiary/aromatic N) is 1. The van der Waals surface area contributed by atoms with Crippen LogP contribution in [0.5, 0.6) is 0 Å². The third-order valence-corrected chi connectivity index (χ3v) is 4.10. The molecule has 0 spiro atoms. The number of thiazole rings is 1. The number of aromatic nitrogens is 1. The van der Waals surface area contributed by atoms with Gasteiger partial charge in [0.2, 0.25) is 5.91 Å². The predicted octanol–water partition coefficient (Wildman–Crippen LogP) is 2.78. The second kappa shape index (κ2) is 10.4. The van der Waals surface area contributed by atoms with Gasteiger partial charge in [-0.15, -0.1) is 23.7 Å². The van der Waals surface area contributed by atoms with Crippen LogP contribution >= 0.6 is 23.7 Å². The highest BCUT2D eigenvalue weighted by atomic mass is 35.5. The number of amides is 1. The summed E-state index contributed by atoms with van der Waals surface area (Å²) in [7, 11) is 1.61. The Morgan fingerprint density at radius 3 is 2.92 bits per heavy atom. The highest BCUT2D eigenvalue weighted by Gasteiger charge is 2.08. The first kappa shape index (κ1) is 20.5. The molecule has 0 saturated carbocycles. The van der Waals surface area contributed by atoms with E-state index >= 15 is 0 Å². The van der Waals surface area contributed by atoms with E-state index in [9.17, 15) is 9.18 Å². The van der Waals surface area contributed by atoms with E-state index < -0.39 is 0 Å². The van der Waals surface area contributed by atoms with Crippen LogP contribution in [0, 0.1) is 12.7 Å². The monoisotopic (exact) mass is 373 g/mol. The molecule has 0 aliphatic heterocycles. The molecule has 1 heterocycles. The quantitative estimate of drug-likeness (QED) is 0.698. The first-order chi connectivity index (χ1) is 11.1. The van der Waals surface area contributed by atoms with E-state index in [2.05, 4.69) is 15.6 Å². The van der Waals surface area contributed by atoms with Crippen molar-refractivity contribution in [1.29, 1.82) is 0 Å². The minimum absolute atomic E-state index is 0. The number of methoxy groups -OCH3 is 1.